The number of nitrogens with two attached hydrogens (primary N) is 1. The highest BCUT2D eigenvalue weighted by atomic mass is 35.5. The Hall–Kier alpha value is -1.32. The number of aromatic nitrogens is 2. The van der Waals surface area contributed by atoms with Gasteiger partial charge in [0.25, 0.3) is 0 Å². The van der Waals surface area contributed by atoms with Gasteiger partial charge in [0.05, 0.1) is 16.4 Å². The lowest BCUT2D eigenvalue weighted by Gasteiger charge is -2.12. The molecule has 96 valence electrons. The standard InChI is InChI=1S/C14H18ClN3/c1-9-10(2)17-18(11(9)3)14-12(7-8-16)5-4-6-13(14)15/h4-6H,7-8,16H2,1-3H3. The molecule has 0 saturated carbocycles. The average molecular weight is 264 g/mol. The summed E-state index contributed by atoms with van der Waals surface area (Å²) in [5.41, 5.74) is 11.1. The summed E-state index contributed by atoms with van der Waals surface area (Å²) in [5, 5.41) is 5.29. The van der Waals surface area contributed by atoms with Crippen LogP contribution in [0.15, 0.2) is 18.2 Å². The molecule has 0 atom stereocenters. The van der Waals surface area contributed by atoms with Crippen molar-refractivity contribution >= 4 is 11.6 Å². The molecule has 0 spiro atoms. The molecule has 1 aromatic carbocycles. The molecule has 0 aliphatic heterocycles. The lowest BCUT2D eigenvalue weighted by atomic mass is 10.1. The van der Waals surface area contributed by atoms with Crippen LogP contribution in [0.5, 0.6) is 0 Å². The van der Waals surface area contributed by atoms with E-state index in [1.54, 1.807) is 0 Å². The molecule has 0 amide bonds. The fraction of sp³-hybridized carbons (Fsp3) is 0.357. The van der Waals surface area contributed by atoms with E-state index in [9.17, 15) is 0 Å². The topological polar surface area (TPSA) is 43.8 Å². The van der Waals surface area contributed by atoms with Crippen LogP contribution in [0.25, 0.3) is 5.69 Å². The minimum atomic E-state index is 0.603. The molecule has 0 aliphatic carbocycles. The van der Waals surface area contributed by atoms with E-state index < -0.39 is 0 Å². The number of hydrogen-bond donors (Lipinski definition) is 1. The zero-order valence-corrected chi connectivity index (χ0v) is 11.8. The first kappa shape index (κ1) is 13.1. The zero-order valence-electron chi connectivity index (χ0n) is 11.0. The number of nitrogens with zero attached hydrogens (tertiary/aromatic N) is 2. The molecular formula is C14H18ClN3. The number of hydrogen-bond acceptors (Lipinski definition) is 2. The lowest BCUT2D eigenvalue weighted by Crippen LogP contribution is -2.09. The van der Waals surface area contributed by atoms with Crippen LogP contribution in [-0.2, 0) is 6.42 Å². The van der Waals surface area contributed by atoms with Crippen molar-refractivity contribution in [3.8, 4) is 5.69 Å². The quantitative estimate of drug-likeness (QED) is 0.925. The van der Waals surface area contributed by atoms with Crippen molar-refractivity contribution in [3.63, 3.8) is 0 Å². The van der Waals surface area contributed by atoms with Crippen LogP contribution in [0.2, 0.25) is 5.02 Å². The molecule has 2 aromatic rings. The second-order valence-corrected chi connectivity index (χ2v) is 4.90. The van der Waals surface area contributed by atoms with Crippen molar-refractivity contribution in [2.45, 2.75) is 27.2 Å². The summed E-state index contributed by atoms with van der Waals surface area (Å²) in [6.45, 7) is 6.75. The highest BCUT2D eigenvalue weighted by Crippen LogP contribution is 2.27. The third kappa shape index (κ3) is 2.16. The van der Waals surface area contributed by atoms with E-state index in [2.05, 4.69) is 25.0 Å². The molecule has 18 heavy (non-hydrogen) atoms. The van der Waals surface area contributed by atoms with Gasteiger partial charge in [0.2, 0.25) is 0 Å². The zero-order chi connectivity index (χ0) is 13.3. The first-order valence-electron chi connectivity index (χ1n) is 6.07. The van der Waals surface area contributed by atoms with E-state index in [0.29, 0.717) is 11.6 Å². The second kappa shape index (κ2) is 5.12. The molecule has 1 aromatic heterocycles. The summed E-state index contributed by atoms with van der Waals surface area (Å²) in [6, 6.07) is 5.90. The number of para-hydroxylation sites is 1. The van der Waals surface area contributed by atoms with Crippen molar-refractivity contribution < 1.29 is 0 Å². The highest BCUT2D eigenvalue weighted by molar-refractivity contribution is 6.32. The maximum Gasteiger partial charge on any atom is 0.0867 e. The normalized spacial score (nSPS) is 10.9. The highest BCUT2D eigenvalue weighted by Gasteiger charge is 2.14. The Morgan fingerprint density at radius 1 is 1.28 bits per heavy atom. The van der Waals surface area contributed by atoms with Crippen LogP contribution in [0.3, 0.4) is 0 Å². The van der Waals surface area contributed by atoms with Crippen LogP contribution < -0.4 is 5.73 Å². The van der Waals surface area contributed by atoms with Gasteiger partial charge in [-0.15, -0.1) is 0 Å². The van der Waals surface area contributed by atoms with Gasteiger partial charge in [-0.2, -0.15) is 5.10 Å². The van der Waals surface area contributed by atoms with Crippen LogP contribution in [0, 0.1) is 20.8 Å². The van der Waals surface area contributed by atoms with E-state index in [-0.39, 0.29) is 0 Å². The van der Waals surface area contributed by atoms with Gasteiger partial charge in [0, 0.05) is 5.69 Å². The largest absolute Gasteiger partial charge is 0.330 e. The molecule has 0 fully saturated rings. The van der Waals surface area contributed by atoms with E-state index in [4.69, 9.17) is 17.3 Å². The van der Waals surface area contributed by atoms with Gasteiger partial charge in [0.15, 0.2) is 0 Å². The molecule has 1 heterocycles. The smallest absolute Gasteiger partial charge is 0.0867 e. The Bertz CT molecular complexity index is 573. The maximum atomic E-state index is 6.33. The van der Waals surface area contributed by atoms with Crippen LogP contribution in [0.4, 0.5) is 0 Å². The van der Waals surface area contributed by atoms with Crippen molar-refractivity contribution in [1.29, 1.82) is 0 Å². The predicted molar refractivity (Wildman–Crippen MR) is 75.5 cm³/mol. The van der Waals surface area contributed by atoms with Gasteiger partial charge < -0.3 is 5.73 Å². The Balaban J connectivity index is 2.65. The number of benzene rings is 1. The molecule has 0 unspecified atom stereocenters. The van der Waals surface area contributed by atoms with E-state index in [0.717, 1.165) is 29.1 Å². The molecule has 0 saturated heterocycles. The van der Waals surface area contributed by atoms with Crippen LogP contribution in [0.1, 0.15) is 22.5 Å². The molecule has 0 bridgehead atoms. The Kier molecular flexibility index (Phi) is 3.73. The van der Waals surface area contributed by atoms with E-state index in [1.165, 1.54) is 5.56 Å². The van der Waals surface area contributed by atoms with Gasteiger partial charge in [-0.1, -0.05) is 23.7 Å². The van der Waals surface area contributed by atoms with Gasteiger partial charge in [-0.25, -0.2) is 4.68 Å². The molecule has 2 N–H and O–H groups in total. The molecule has 0 aliphatic rings. The van der Waals surface area contributed by atoms with Gasteiger partial charge in [-0.05, 0) is 50.9 Å². The average Bonchev–Trinajstić information content (AvgIpc) is 2.58. The number of rotatable bonds is 3. The Morgan fingerprint density at radius 3 is 2.56 bits per heavy atom. The fourth-order valence-electron chi connectivity index (χ4n) is 2.09. The Morgan fingerprint density at radius 2 is 2.00 bits per heavy atom. The van der Waals surface area contributed by atoms with Gasteiger partial charge in [-0.3, -0.25) is 0 Å². The molecule has 3 nitrogen and oxygen atoms in total. The molecule has 2 rings (SSSR count). The predicted octanol–water partition coefficient (Wildman–Crippen LogP) is 2.95. The Labute approximate surface area is 113 Å². The first-order valence-corrected chi connectivity index (χ1v) is 6.44. The van der Waals surface area contributed by atoms with Gasteiger partial charge >= 0.3 is 0 Å². The van der Waals surface area contributed by atoms with Crippen LogP contribution in [-0.4, -0.2) is 16.3 Å². The van der Waals surface area contributed by atoms with Crippen molar-refractivity contribution in [2.75, 3.05) is 6.54 Å². The number of aryl methyl sites for hydroxylation is 1. The summed E-state index contributed by atoms with van der Waals surface area (Å²) < 4.78 is 1.93. The lowest BCUT2D eigenvalue weighted by molar-refractivity contribution is 0.813. The molecular weight excluding hydrogens is 246 g/mol. The number of halogens is 1. The summed E-state index contributed by atoms with van der Waals surface area (Å²) >= 11 is 6.33. The van der Waals surface area contributed by atoms with Crippen molar-refractivity contribution in [1.82, 2.24) is 9.78 Å². The third-order valence-corrected chi connectivity index (χ3v) is 3.65. The van der Waals surface area contributed by atoms with Gasteiger partial charge in [0.1, 0.15) is 0 Å². The second-order valence-electron chi connectivity index (χ2n) is 4.49. The van der Waals surface area contributed by atoms with E-state index >= 15 is 0 Å². The summed E-state index contributed by atoms with van der Waals surface area (Å²) in [5.74, 6) is 0. The maximum absolute atomic E-state index is 6.33. The van der Waals surface area contributed by atoms with Crippen molar-refractivity contribution in [3.05, 3.63) is 45.7 Å². The fourth-order valence-corrected chi connectivity index (χ4v) is 2.37. The minimum Gasteiger partial charge on any atom is -0.330 e. The summed E-state index contributed by atoms with van der Waals surface area (Å²) in [7, 11) is 0. The summed E-state index contributed by atoms with van der Waals surface area (Å²) in [4.78, 5) is 0. The van der Waals surface area contributed by atoms with E-state index in [1.807, 2.05) is 23.7 Å². The molecule has 4 heteroatoms. The third-order valence-electron chi connectivity index (χ3n) is 3.35. The summed E-state index contributed by atoms with van der Waals surface area (Å²) in [6.07, 6.45) is 0.799. The van der Waals surface area contributed by atoms with Crippen molar-refractivity contribution in [2.24, 2.45) is 5.73 Å². The SMILES string of the molecule is Cc1nn(-c2c(Cl)cccc2CCN)c(C)c1C. The monoisotopic (exact) mass is 263 g/mol. The minimum absolute atomic E-state index is 0.603. The molecule has 0 radical (unpaired) electrons. The first-order chi connectivity index (χ1) is 8.56. The van der Waals surface area contributed by atoms with Crippen LogP contribution >= 0.6 is 11.6 Å².